The maximum atomic E-state index is 14.9. The zero-order chi connectivity index (χ0) is 52.1. The van der Waals surface area contributed by atoms with E-state index < -0.39 is 185 Å². The predicted octanol–water partition coefficient (Wildman–Crippen LogP) is 7.22. The van der Waals surface area contributed by atoms with Crippen molar-refractivity contribution in [3.63, 3.8) is 0 Å². The highest BCUT2D eigenvalue weighted by molar-refractivity contribution is 7.98. The van der Waals surface area contributed by atoms with Crippen molar-refractivity contribution in [2.24, 2.45) is 0 Å². The van der Waals surface area contributed by atoms with Gasteiger partial charge in [-0.2, -0.15) is 18.2 Å². The van der Waals surface area contributed by atoms with Gasteiger partial charge < -0.3 is 14.4 Å². The molecule has 0 N–H and O–H groups in total. The zero-order valence-corrected chi connectivity index (χ0v) is 25.5. The van der Waals surface area contributed by atoms with Gasteiger partial charge in [-0.25, -0.2) is 4.39 Å². The predicted molar refractivity (Wildman–Crippen MR) is 177 cm³/mol. The Hall–Kier alpha value is -3.96. The summed E-state index contributed by atoms with van der Waals surface area (Å²) in [5, 5.41) is -0.801. The van der Waals surface area contributed by atoms with Crippen molar-refractivity contribution < 1.29 is 51.1 Å². The maximum absolute atomic E-state index is 14.9. The Labute approximate surface area is 305 Å². The second-order valence-electron chi connectivity index (χ2n) is 9.52. The van der Waals surface area contributed by atoms with Crippen molar-refractivity contribution >= 4 is 17.7 Å². The second kappa shape index (κ2) is 15.3. The summed E-state index contributed by atoms with van der Waals surface area (Å²) < 4.78 is 235. The smallest absolute Gasteiger partial charge is 0.336 e. The Morgan fingerprint density at radius 2 is 1.66 bits per heavy atom. The molecule has 1 amide bonds. The Bertz CT molecular complexity index is 2750. The number of amides is 1. The van der Waals surface area contributed by atoms with E-state index in [1.807, 2.05) is 0 Å². The van der Waals surface area contributed by atoms with Crippen LogP contribution >= 0.6 is 11.8 Å². The van der Waals surface area contributed by atoms with E-state index in [1.54, 1.807) is 0 Å². The standard InChI is InChI=1S/C36H38F4N4O2S/c1-3-42(4-2)20-21-43(22-25-8-12-27(13-9-25)28-14-16-29(17-15-28)36(38,39)40)33(45)23-44-32-7-5-6-31(32)34(46)41-35(44)47-24-26-10-18-30(37)19-11-26/h8-19H,3-7,20-24H2,1-2H3/i5D2,6D2,7D2,8D,9D,10D,11D,12D,14D,15D,16D,17D,18D,19D,20D2,21D2. The quantitative estimate of drug-likeness (QED) is 0.0845. The van der Waals surface area contributed by atoms with Crippen LogP contribution in [0.3, 0.4) is 0 Å². The average molecular weight is 688 g/mol. The molecule has 1 heterocycles. The van der Waals surface area contributed by atoms with E-state index in [-0.39, 0.29) is 29.8 Å². The van der Waals surface area contributed by atoms with Crippen LogP contribution < -0.4 is 5.56 Å². The third kappa shape index (κ3) is 8.70. The van der Waals surface area contributed by atoms with Gasteiger partial charge in [0.15, 0.2) is 5.16 Å². The minimum Gasteiger partial charge on any atom is -0.336 e. The number of likely N-dealkylation sites (N-methyl/N-ethyl adjacent to an activating group) is 1. The van der Waals surface area contributed by atoms with E-state index in [0.29, 0.717) is 10.6 Å². The number of thioether (sulfide) groups is 1. The summed E-state index contributed by atoms with van der Waals surface area (Å²) >= 11 is 0.288. The Morgan fingerprint density at radius 3 is 2.34 bits per heavy atom. The van der Waals surface area contributed by atoms with Gasteiger partial charge in [0.05, 0.1) is 23.4 Å². The molecule has 248 valence electrons. The molecule has 5 rings (SSSR count). The molecule has 1 aliphatic carbocycles. The van der Waals surface area contributed by atoms with Crippen LogP contribution in [-0.2, 0) is 42.6 Å². The van der Waals surface area contributed by atoms with Crippen molar-refractivity contribution in [3.05, 3.63) is 117 Å². The number of benzene rings is 3. The molecular weight excluding hydrogens is 628 g/mol. The van der Waals surface area contributed by atoms with E-state index >= 15 is 0 Å². The van der Waals surface area contributed by atoms with E-state index in [9.17, 15) is 29.9 Å². The van der Waals surface area contributed by atoms with Crippen LogP contribution in [0, 0.1) is 5.82 Å². The third-order valence-electron chi connectivity index (χ3n) is 6.44. The molecule has 0 unspecified atom stereocenters. The van der Waals surface area contributed by atoms with Crippen LogP contribution in [0.5, 0.6) is 0 Å². The molecule has 0 bridgehead atoms. The van der Waals surface area contributed by atoms with Gasteiger partial charge in [-0.3, -0.25) is 9.59 Å². The van der Waals surface area contributed by atoms with Crippen molar-refractivity contribution in [3.8, 4) is 11.1 Å². The van der Waals surface area contributed by atoms with Crippen LogP contribution in [-0.4, -0.2) is 51.3 Å². The number of carbonyl (C=O) groups excluding carboxylic acids is 1. The number of halogens is 4. The maximum Gasteiger partial charge on any atom is 0.416 e. The third-order valence-corrected chi connectivity index (χ3v) is 7.45. The number of rotatable bonds is 13. The van der Waals surface area contributed by atoms with E-state index in [1.165, 1.54) is 13.8 Å². The fourth-order valence-electron chi connectivity index (χ4n) is 3.98. The Kier molecular flexibility index (Phi) is 5.35. The highest BCUT2D eigenvalue weighted by Crippen LogP contribution is 2.31. The number of aromatic nitrogens is 2. The molecule has 0 radical (unpaired) electrons. The number of hydrogen-bond donors (Lipinski definition) is 0. The lowest BCUT2D eigenvalue weighted by molar-refractivity contribution is -0.137. The molecule has 4 aromatic rings. The minimum atomic E-state index is -5.36. The fraction of sp³-hybridized carbons (Fsp3) is 0.361. The SMILES string of the molecule is [2H]c1cc(-c2c([2H])c([2H])c(C(F)(F)F)c([2H])c2[2H])c([2H])c([2H])c1CN(C(=O)Cn1c(SCc2c([2H])c([2H])c(F)c([2H])c2[2H])nc(=O)c2c1C([2H])([2H])C([2H])([2H])C2([2H])[2H])C([2H])([2H])C([2H])([2H])N(CC)CC. The molecule has 0 saturated heterocycles. The summed E-state index contributed by atoms with van der Waals surface area (Å²) in [5.41, 5.74) is -8.89. The number of alkyl halides is 3. The largest absolute Gasteiger partial charge is 0.416 e. The number of nitrogens with zero attached hydrogens (tertiary/aromatic N) is 4. The van der Waals surface area contributed by atoms with Crippen molar-refractivity contribution in [1.29, 1.82) is 0 Å². The van der Waals surface area contributed by atoms with Gasteiger partial charge in [0.1, 0.15) is 12.4 Å². The minimum absolute atomic E-state index is 0.0961. The first-order chi connectivity index (χ1) is 30.9. The van der Waals surface area contributed by atoms with Crippen molar-refractivity contribution in [2.75, 3.05) is 26.1 Å². The lowest BCUT2D eigenvalue weighted by atomic mass is 10.0. The van der Waals surface area contributed by atoms with Gasteiger partial charge in [0.25, 0.3) is 5.56 Å². The number of hydrogen-bond acceptors (Lipinski definition) is 5. The van der Waals surface area contributed by atoms with Crippen LogP contribution in [0.1, 0.15) is 77.0 Å². The molecule has 1 aliphatic rings. The summed E-state index contributed by atoms with van der Waals surface area (Å²) in [6, 6.07) is -12.2. The van der Waals surface area contributed by atoms with Crippen LogP contribution in [0.15, 0.2) is 82.5 Å². The first-order valence-corrected chi connectivity index (χ1v) is 14.8. The topological polar surface area (TPSA) is 58.4 Å². The summed E-state index contributed by atoms with van der Waals surface area (Å²) in [6.45, 7) is -7.23. The molecule has 0 saturated carbocycles. The average Bonchev–Trinajstić information content (AvgIpc) is 3.34. The summed E-state index contributed by atoms with van der Waals surface area (Å²) in [5.74, 6) is -3.90. The molecule has 47 heavy (non-hydrogen) atoms. The van der Waals surface area contributed by atoms with Crippen molar-refractivity contribution in [2.45, 2.75) is 63.1 Å². The van der Waals surface area contributed by atoms with Crippen molar-refractivity contribution in [1.82, 2.24) is 19.4 Å². The monoisotopic (exact) mass is 687 g/mol. The summed E-state index contributed by atoms with van der Waals surface area (Å²) in [7, 11) is 0. The summed E-state index contributed by atoms with van der Waals surface area (Å²) in [6.07, 6.45) is -16.0. The van der Waals surface area contributed by atoms with Crippen LogP contribution in [0.4, 0.5) is 17.6 Å². The van der Waals surface area contributed by atoms with Gasteiger partial charge in [0.2, 0.25) is 5.91 Å². The molecular formula is C36H38F4N4O2S. The first-order valence-electron chi connectivity index (χ1n) is 24.3. The molecule has 1 aromatic heterocycles. The van der Waals surface area contributed by atoms with Gasteiger partial charge >= 0.3 is 6.18 Å². The zero-order valence-electron chi connectivity index (χ0n) is 45.6. The lowest BCUT2D eigenvalue weighted by Gasteiger charge is -2.28. The second-order valence-corrected chi connectivity index (χ2v) is 10.5. The van der Waals surface area contributed by atoms with Gasteiger partial charge in [-0.15, -0.1) is 0 Å². The molecule has 3 aromatic carbocycles. The summed E-state index contributed by atoms with van der Waals surface area (Å²) in [4.78, 5) is 33.3. The highest BCUT2D eigenvalue weighted by atomic mass is 32.2. The molecule has 0 spiro atoms. The van der Waals surface area contributed by atoms with E-state index in [0.717, 1.165) is 4.90 Å². The molecule has 0 fully saturated rings. The first kappa shape index (κ1) is 16.4. The Morgan fingerprint density at radius 1 is 0.979 bits per heavy atom. The molecule has 0 aliphatic heterocycles. The van der Waals surface area contributed by atoms with Crippen LogP contribution in [0.25, 0.3) is 11.1 Å². The number of fused-ring (bicyclic) bond motifs is 1. The fourth-order valence-corrected chi connectivity index (χ4v) is 4.86. The Balaban J connectivity index is 1.77. The molecule has 0 atom stereocenters. The molecule has 11 heteroatoms. The van der Waals surface area contributed by atoms with Gasteiger partial charge in [-0.05, 0) is 78.6 Å². The van der Waals surface area contributed by atoms with Crippen LogP contribution in [0.2, 0.25) is 0 Å². The highest BCUT2D eigenvalue weighted by Gasteiger charge is 2.30. The normalized spacial score (nSPS) is 23.1. The van der Waals surface area contributed by atoms with Gasteiger partial charge in [-0.1, -0.05) is 74.0 Å². The van der Waals surface area contributed by atoms with E-state index in [4.69, 9.17) is 26.0 Å². The lowest BCUT2D eigenvalue weighted by Crippen LogP contribution is -2.40. The number of carbonyl (C=O) groups is 1. The van der Waals surface area contributed by atoms with Gasteiger partial charge in [0, 0.05) is 47.5 Å². The van der Waals surface area contributed by atoms with E-state index in [2.05, 4.69) is 4.98 Å². The molecule has 6 nitrogen and oxygen atoms in total.